The van der Waals surface area contributed by atoms with Crippen molar-refractivity contribution in [3.8, 4) is 0 Å². The van der Waals surface area contributed by atoms with E-state index in [1.54, 1.807) is 58.0 Å². The molecule has 40 heavy (non-hydrogen) atoms. The quantitative estimate of drug-likeness (QED) is 0.136. The first-order valence-corrected chi connectivity index (χ1v) is 16.0. The van der Waals surface area contributed by atoms with Crippen molar-refractivity contribution >= 4 is 62.8 Å². The fourth-order valence-electron chi connectivity index (χ4n) is 6.58. The Morgan fingerprint density at radius 2 is 2.05 bits per heavy atom. The van der Waals surface area contributed by atoms with Gasteiger partial charge >= 0.3 is 5.97 Å². The van der Waals surface area contributed by atoms with Gasteiger partial charge in [-0.3, -0.25) is 14.4 Å². The van der Waals surface area contributed by atoms with Gasteiger partial charge in [-0.1, -0.05) is 65.7 Å². The number of alkyl halides is 1. The molecule has 2 amide bonds. The fraction of sp³-hybridized carbons (Fsp3) is 0.567. The van der Waals surface area contributed by atoms with Crippen LogP contribution in [-0.2, 0) is 19.1 Å². The first-order chi connectivity index (χ1) is 19.1. The Labute approximate surface area is 254 Å². The summed E-state index contributed by atoms with van der Waals surface area (Å²) in [6, 6.07) is 5.62. The molecule has 1 aromatic carbocycles. The lowest BCUT2D eigenvalue weighted by Crippen LogP contribution is -2.58. The van der Waals surface area contributed by atoms with Gasteiger partial charge in [-0.15, -0.1) is 24.9 Å². The lowest BCUT2D eigenvalue weighted by atomic mass is 9.71. The summed E-state index contributed by atoms with van der Waals surface area (Å²) >= 11 is 11.9. The number of carbonyl (C=O) groups is 3. The van der Waals surface area contributed by atoms with Gasteiger partial charge in [0.15, 0.2) is 0 Å². The third-order valence-corrected chi connectivity index (χ3v) is 11.6. The zero-order chi connectivity index (χ0) is 29.2. The van der Waals surface area contributed by atoms with Gasteiger partial charge in [0.25, 0.3) is 5.91 Å². The van der Waals surface area contributed by atoms with Crippen molar-refractivity contribution in [2.75, 3.05) is 24.7 Å². The Kier molecular flexibility index (Phi) is 10.1. The molecule has 0 aromatic heterocycles. The highest BCUT2D eigenvalue weighted by Gasteiger charge is 2.76. The van der Waals surface area contributed by atoms with Gasteiger partial charge in [0, 0.05) is 16.6 Å². The van der Waals surface area contributed by atoms with Crippen LogP contribution in [0.25, 0.3) is 0 Å². The van der Waals surface area contributed by atoms with Crippen molar-refractivity contribution in [2.24, 2.45) is 17.8 Å². The third-order valence-electron chi connectivity index (χ3n) is 8.10. The second kappa shape index (κ2) is 13.0. The van der Waals surface area contributed by atoms with E-state index in [1.165, 1.54) is 0 Å². The Balaban J connectivity index is 1.80. The molecule has 1 N–H and O–H groups in total. The van der Waals surface area contributed by atoms with E-state index in [1.807, 2.05) is 13.8 Å². The van der Waals surface area contributed by atoms with Gasteiger partial charge in [0.2, 0.25) is 5.91 Å². The molecule has 3 saturated heterocycles. The van der Waals surface area contributed by atoms with E-state index >= 15 is 0 Å². The number of hydrogen-bond acceptors (Lipinski definition) is 6. The van der Waals surface area contributed by atoms with Crippen LogP contribution in [0.2, 0.25) is 5.02 Å². The van der Waals surface area contributed by atoms with Gasteiger partial charge in [-0.25, -0.2) is 0 Å². The largest absolute Gasteiger partial charge is 0.465 e. The van der Waals surface area contributed by atoms with E-state index in [0.29, 0.717) is 30.0 Å². The molecule has 3 fully saturated rings. The van der Waals surface area contributed by atoms with Gasteiger partial charge in [0.05, 0.1) is 46.5 Å². The highest BCUT2D eigenvalue weighted by atomic mass is 79.9. The maximum absolute atomic E-state index is 14.7. The van der Waals surface area contributed by atoms with Crippen molar-refractivity contribution in [3.63, 3.8) is 0 Å². The number of likely N-dealkylation sites (tertiary alicyclic amines) is 1. The van der Waals surface area contributed by atoms with Crippen LogP contribution < -0.4 is 4.90 Å². The van der Waals surface area contributed by atoms with E-state index in [-0.39, 0.29) is 47.6 Å². The Hall–Kier alpha value is -1.81. The molecule has 3 aliphatic rings. The number of ether oxygens (including phenoxy) is 1. The molecule has 2 bridgehead atoms. The van der Waals surface area contributed by atoms with Crippen LogP contribution >= 0.6 is 39.3 Å². The number of aliphatic hydroxyl groups is 1. The van der Waals surface area contributed by atoms with Gasteiger partial charge in [-0.05, 0) is 43.7 Å². The van der Waals surface area contributed by atoms with Gasteiger partial charge in [-0.2, -0.15) is 0 Å². The number of carbonyl (C=O) groups excluding carboxylic acids is 3. The normalized spacial score (nSPS) is 29.4. The summed E-state index contributed by atoms with van der Waals surface area (Å²) in [5.41, 5.74) is 0.525. The van der Waals surface area contributed by atoms with E-state index in [0.717, 1.165) is 6.42 Å². The number of hydrogen-bond donors (Lipinski definition) is 1. The van der Waals surface area contributed by atoms with Gasteiger partial charge in [0.1, 0.15) is 6.04 Å². The van der Waals surface area contributed by atoms with E-state index in [2.05, 4.69) is 29.1 Å². The van der Waals surface area contributed by atoms with Crippen LogP contribution in [0.3, 0.4) is 0 Å². The molecule has 7 atom stereocenters. The number of thioether (sulfide) groups is 1. The summed E-state index contributed by atoms with van der Waals surface area (Å²) in [5.74, 6) is -2.21. The lowest BCUT2D eigenvalue weighted by Gasteiger charge is -2.40. The van der Waals surface area contributed by atoms with Crippen LogP contribution in [0.1, 0.15) is 39.5 Å². The maximum Gasteiger partial charge on any atom is 0.310 e. The smallest absolute Gasteiger partial charge is 0.310 e. The number of nitrogens with zero attached hydrogens (tertiary/aromatic N) is 2. The predicted octanol–water partition coefficient (Wildman–Crippen LogP) is 5.24. The number of esters is 1. The standard InChI is InChI=1S/C30H38BrClN2O5S/c1-5-7-10-14-39-29(38)23-24-27(36)34(19(17-35)15-18(3)4)26(30(24)16-20(31)25(23)40-30)28(37)33(13-6-2)22-12-9-8-11-21(22)32/h5-6,8-9,11-12,18-20,23-26,35H,1-2,7,10,13-17H2,3-4H3/t19-,20?,23+,24+,25+,26?,30?/m1/s1. The average Bonchev–Trinajstić information content (AvgIpc) is 3.51. The topological polar surface area (TPSA) is 87.1 Å². The highest BCUT2D eigenvalue weighted by molar-refractivity contribution is 9.09. The summed E-state index contributed by atoms with van der Waals surface area (Å²) in [4.78, 5) is 45.7. The minimum atomic E-state index is -0.897. The minimum Gasteiger partial charge on any atom is -0.465 e. The summed E-state index contributed by atoms with van der Waals surface area (Å²) in [6.07, 6.45) is 5.84. The molecule has 1 spiro atoms. The van der Waals surface area contributed by atoms with E-state index in [4.69, 9.17) is 16.3 Å². The number of rotatable bonds is 13. The number of benzene rings is 1. The summed E-state index contributed by atoms with van der Waals surface area (Å²) < 4.78 is 4.81. The second-order valence-electron chi connectivity index (χ2n) is 11.2. The summed E-state index contributed by atoms with van der Waals surface area (Å²) in [6.45, 7) is 11.8. The third kappa shape index (κ3) is 5.51. The van der Waals surface area contributed by atoms with E-state index in [9.17, 15) is 19.5 Å². The zero-order valence-electron chi connectivity index (χ0n) is 23.0. The number of amides is 2. The fourth-order valence-corrected chi connectivity index (χ4v) is 10.4. The van der Waals surface area contributed by atoms with Crippen LogP contribution in [0, 0.1) is 17.8 Å². The SMILES string of the molecule is C=CCCCOC(=O)[C@H]1[C@H]2C(=O)N([C@@H](CO)CC(C)C)C(C(=O)N(CC=C)c3ccccc3Cl)C23CC(Br)[C@@H]1S3. The monoisotopic (exact) mass is 652 g/mol. The molecule has 1 aromatic rings. The molecule has 0 saturated carbocycles. The predicted molar refractivity (Wildman–Crippen MR) is 164 cm³/mol. The molecule has 0 radical (unpaired) electrons. The Morgan fingerprint density at radius 3 is 2.67 bits per heavy atom. The number of halogens is 2. The van der Waals surface area contributed by atoms with Crippen molar-refractivity contribution in [1.29, 1.82) is 0 Å². The average molecular weight is 654 g/mol. The molecular formula is C30H38BrClN2O5S. The van der Waals surface area contributed by atoms with Crippen LogP contribution in [0.4, 0.5) is 5.69 Å². The van der Waals surface area contributed by atoms with Crippen molar-refractivity contribution in [3.05, 3.63) is 54.6 Å². The van der Waals surface area contributed by atoms with Crippen LogP contribution in [0.5, 0.6) is 0 Å². The molecule has 7 nitrogen and oxygen atoms in total. The number of fused-ring (bicyclic) bond motifs is 1. The lowest BCUT2D eigenvalue weighted by molar-refractivity contribution is -0.154. The van der Waals surface area contributed by atoms with Crippen LogP contribution in [-0.4, -0.2) is 74.5 Å². The summed E-state index contributed by atoms with van der Waals surface area (Å²) in [7, 11) is 0. The second-order valence-corrected chi connectivity index (χ2v) is 14.3. The van der Waals surface area contributed by atoms with Crippen molar-refractivity contribution < 1.29 is 24.2 Å². The molecule has 4 rings (SSSR count). The minimum absolute atomic E-state index is 0.0756. The molecule has 3 heterocycles. The van der Waals surface area contributed by atoms with Crippen molar-refractivity contribution in [2.45, 2.75) is 66.4 Å². The number of anilines is 1. The molecule has 0 aliphatic carbocycles. The van der Waals surface area contributed by atoms with Gasteiger partial charge < -0.3 is 19.6 Å². The first-order valence-electron chi connectivity index (χ1n) is 13.8. The number of para-hydroxylation sites is 1. The Morgan fingerprint density at radius 1 is 1.32 bits per heavy atom. The number of aliphatic hydroxyl groups excluding tert-OH is 1. The van der Waals surface area contributed by atoms with E-state index < -0.39 is 34.6 Å². The summed E-state index contributed by atoms with van der Waals surface area (Å²) in [5, 5.41) is 10.7. The first kappa shape index (κ1) is 31.1. The van der Waals surface area contributed by atoms with Crippen LogP contribution in [0.15, 0.2) is 49.6 Å². The molecule has 218 valence electrons. The Bertz CT molecular complexity index is 1150. The zero-order valence-corrected chi connectivity index (χ0v) is 26.2. The highest BCUT2D eigenvalue weighted by Crippen LogP contribution is 2.68. The number of allylic oxidation sites excluding steroid dienone is 1. The number of unbranched alkanes of at least 4 members (excludes halogenated alkanes) is 1. The van der Waals surface area contributed by atoms with Crippen molar-refractivity contribution in [1.82, 2.24) is 4.90 Å². The molecular weight excluding hydrogens is 616 g/mol. The molecule has 3 aliphatic heterocycles. The molecule has 10 heteroatoms. The molecule has 3 unspecified atom stereocenters. The maximum atomic E-state index is 14.7.